The van der Waals surface area contributed by atoms with Crippen LogP contribution in [0.15, 0.2) is 0 Å². The van der Waals surface area contributed by atoms with E-state index in [-0.39, 0.29) is 0 Å². The number of hydrogen-bond donors (Lipinski definition) is 1. The molecule has 2 unspecified atom stereocenters. The van der Waals surface area contributed by atoms with Crippen molar-refractivity contribution in [2.24, 2.45) is 0 Å². The molecule has 2 atom stereocenters. The number of piperazine rings is 1. The Labute approximate surface area is 99.2 Å². The van der Waals surface area contributed by atoms with Crippen molar-refractivity contribution in [2.75, 3.05) is 32.4 Å². The summed E-state index contributed by atoms with van der Waals surface area (Å²) in [5.74, 6) is 0. The monoisotopic (exact) mass is 230 g/mol. The molecule has 1 heterocycles. The second-order valence-corrected chi connectivity index (χ2v) is 5.85. The average molecular weight is 230 g/mol. The van der Waals surface area contributed by atoms with Crippen molar-refractivity contribution in [3.8, 4) is 0 Å². The van der Waals surface area contributed by atoms with Crippen LogP contribution in [0.1, 0.15) is 33.1 Å². The minimum Gasteiger partial charge on any atom is -0.311 e. The fourth-order valence-corrected chi connectivity index (χ4v) is 2.46. The Morgan fingerprint density at radius 1 is 1.53 bits per heavy atom. The molecule has 3 heteroatoms. The number of nitrogens with zero attached hydrogens (tertiary/aromatic N) is 1. The summed E-state index contributed by atoms with van der Waals surface area (Å²) in [6, 6.07) is 0.744. The molecule has 1 fully saturated rings. The zero-order valence-electron chi connectivity index (χ0n) is 10.5. The molecule has 0 bridgehead atoms. The molecule has 0 amide bonds. The van der Waals surface area contributed by atoms with E-state index in [0.717, 1.165) is 11.3 Å². The summed E-state index contributed by atoms with van der Waals surface area (Å²) < 4.78 is 0. The molecule has 0 aromatic heterocycles. The summed E-state index contributed by atoms with van der Waals surface area (Å²) in [4.78, 5) is 2.63. The van der Waals surface area contributed by atoms with E-state index in [1.165, 1.54) is 45.4 Å². The quantitative estimate of drug-likeness (QED) is 0.753. The van der Waals surface area contributed by atoms with E-state index in [1.807, 2.05) is 11.8 Å². The van der Waals surface area contributed by atoms with Crippen LogP contribution < -0.4 is 5.32 Å². The second-order valence-electron chi connectivity index (χ2n) is 4.58. The molecular weight excluding hydrogens is 204 g/mol. The molecule has 1 aliphatic rings. The summed E-state index contributed by atoms with van der Waals surface area (Å²) in [5.41, 5.74) is 0. The fraction of sp³-hybridized carbons (Fsp3) is 1.00. The van der Waals surface area contributed by atoms with Gasteiger partial charge in [0.15, 0.2) is 0 Å². The van der Waals surface area contributed by atoms with E-state index >= 15 is 0 Å². The maximum atomic E-state index is 3.60. The van der Waals surface area contributed by atoms with Crippen LogP contribution in [0.2, 0.25) is 0 Å². The van der Waals surface area contributed by atoms with Crippen LogP contribution in [0.5, 0.6) is 0 Å². The van der Waals surface area contributed by atoms with Gasteiger partial charge in [0.05, 0.1) is 0 Å². The number of rotatable bonds is 6. The van der Waals surface area contributed by atoms with Gasteiger partial charge in [-0.3, -0.25) is 0 Å². The third-order valence-corrected chi connectivity index (χ3v) is 4.27. The van der Waals surface area contributed by atoms with Crippen molar-refractivity contribution in [3.63, 3.8) is 0 Å². The average Bonchev–Trinajstić information content (AvgIpc) is 2.27. The number of nitrogens with one attached hydrogen (secondary N) is 1. The van der Waals surface area contributed by atoms with Gasteiger partial charge < -0.3 is 10.2 Å². The van der Waals surface area contributed by atoms with E-state index in [2.05, 4.69) is 30.3 Å². The van der Waals surface area contributed by atoms with Crippen LogP contribution in [-0.2, 0) is 0 Å². The zero-order chi connectivity index (χ0) is 11.1. The Morgan fingerprint density at radius 2 is 2.33 bits per heavy atom. The van der Waals surface area contributed by atoms with E-state index in [4.69, 9.17) is 0 Å². The number of thioether (sulfide) groups is 1. The molecule has 1 N–H and O–H groups in total. The first-order chi connectivity index (χ1) is 7.26. The summed E-state index contributed by atoms with van der Waals surface area (Å²) in [7, 11) is 0. The molecule has 0 saturated carbocycles. The lowest BCUT2D eigenvalue weighted by Crippen LogP contribution is -2.50. The van der Waals surface area contributed by atoms with Gasteiger partial charge in [-0.25, -0.2) is 0 Å². The highest BCUT2D eigenvalue weighted by molar-refractivity contribution is 7.99. The normalized spacial score (nSPS) is 25.4. The van der Waals surface area contributed by atoms with E-state index in [9.17, 15) is 0 Å². The van der Waals surface area contributed by atoms with Crippen molar-refractivity contribution in [1.29, 1.82) is 0 Å². The molecular formula is C12H26N2S. The van der Waals surface area contributed by atoms with Crippen LogP contribution in [0, 0.1) is 0 Å². The highest BCUT2D eigenvalue weighted by atomic mass is 32.2. The second kappa shape index (κ2) is 7.53. The van der Waals surface area contributed by atoms with Gasteiger partial charge in [-0.05, 0) is 25.6 Å². The molecule has 15 heavy (non-hydrogen) atoms. The van der Waals surface area contributed by atoms with Crippen molar-refractivity contribution in [1.82, 2.24) is 10.2 Å². The van der Waals surface area contributed by atoms with E-state index in [1.54, 1.807) is 0 Å². The minimum atomic E-state index is 0.744. The van der Waals surface area contributed by atoms with Crippen LogP contribution in [0.25, 0.3) is 0 Å². The number of hydrogen-bond acceptors (Lipinski definition) is 3. The molecule has 0 aromatic carbocycles. The predicted molar refractivity (Wildman–Crippen MR) is 70.7 cm³/mol. The summed E-state index contributed by atoms with van der Waals surface area (Å²) in [6.07, 6.45) is 6.17. The molecule has 0 radical (unpaired) electrons. The Hall–Kier alpha value is 0.270. The zero-order valence-corrected chi connectivity index (χ0v) is 11.3. The lowest BCUT2D eigenvalue weighted by Gasteiger charge is -2.34. The van der Waals surface area contributed by atoms with Crippen LogP contribution >= 0.6 is 11.8 Å². The maximum absolute atomic E-state index is 3.60. The molecule has 2 nitrogen and oxygen atoms in total. The Balaban J connectivity index is 2.18. The molecule has 0 spiro atoms. The predicted octanol–water partition coefficient (Wildman–Crippen LogP) is 2.20. The molecule has 1 saturated heterocycles. The lowest BCUT2D eigenvalue weighted by molar-refractivity contribution is 0.192. The van der Waals surface area contributed by atoms with E-state index < -0.39 is 0 Å². The third kappa shape index (κ3) is 5.23. The van der Waals surface area contributed by atoms with E-state index in [0.29, 0.717) is 0 Å². The Morgan fingerprint density at radius 3 is 3.00 bits per heavy atom. The highest BCUT2D eigenvalue weighted by Crippen LogP contribution is 2.12. The Bertz CT molecular complexity index is 162. The van der Waals surface area contributed by atoms with Gasteiger partial charge in [-0.2, -0.15) is 11.8 Å². The van der Waals surface area contributed by atoms with Crippen LogP contribution in [0.3, 0.4) is 0 Å². The van der Waals surface area contributed by atoms with Gasteiger partial charge in [-0.15, -0.1) is 0 Å². The van der Waals surface area contributed by atoms with Gasteiger partial charge in [0.25, 0.3) is 0 Å². The topological polar surface area (TPSA) is 15.3 Å². The van der Waals surface area contributed by atoms with Crippen molar-refractivity contribution in [3.05, 3.63) is 0 Å². The lowest BCUT2D eigenvalue weighted by atomic mass is 10.1. The highest BCUT2D eigenvalue weighted by Gasteiger charge is 2.18. The van der Waals surface area contributed by atoms with Gasteiger partial charge in [0.1, 0.15) is 0 Å². The maximum Gasteiger partial charge on any atom is 0.0195 e. The molecule has 1 rings (SSSR count). The van der Waals surface area contributed by atoms with Crippen molar-refractivity contribution in [2.45, 2.75) is 44.4 Å². The van der Waals surface area contributed by atoms with Crippen LogP contribution in [-0.4, -0.2) is 48.6 Å². The largest absolute Gasteiger partial charge is 0.311 e. The van der Waals surface area contributed by atoms with Crippen molar-refractivity contribution < 1.29 is 0 Å². The SMILES string of the molecule is CCCC1CN(CCC(C)SC)CCN1. The Kier molecular flexibility index (Phi) is 6.69. The minimum absolute atomic E-state index is 0.744. The smallest absolute Gasteiger partial charge is 0.0195 e. The first-order valence-electron chi connectivity index (χ1n) is 6.24. The summed E-state index contributed by atoms with van der Waals surface area (Å²) in [6.45, 7) is 9.56. The molecule has 0 aromatic rings. The summed E-state index contributed by atoms with van der Waals surface area (Å²) >= 11 is 1.98. The van der Waals surface area contributed by atoms with Gasteiger partial charge in [0.2, 0.25) is 0 Å². The van der Waals surface area contributed by atoms with Crippen LogP contribution in [0.4, 0.5) is 0 Å². The van der Waals surface area contributed by atoms with Gasteiger partial charge in [-0.1, -0.05) is 20.3 Å². The molecule has 0 aliphatic carbocycles. The van der Waals surface area contributed by atoms with Gasteiger partial charge >= 0.3 is 0 Å². The first kappa shape index (κ1) is 13.3. The fourth-order valence-electron chi connectivity index (χ4n) is 2.12. The molecule has 1 aliphatic heterocycles. The summed E-state index contributed by atoms with van der Waals surface area (Å²) in [5, 5.41) is 4.41. The van der Waals surface area contributed by atoms with Crippen molar-refractivity contribution >= 4 is 11.8 Å². The standard InChI is InChI=1S/C12H26N2S/c1-4-5-12-10-14(9-7-13-12)8-6-11(2)15-3/h11-13H,4-10H2,1-3H3. The third-order valence-electron chi connectivity index (χ3n) is 3.23. The van der Waals surface area contributed by atoms with Gasteiger partial charge in [0, 0.05) is 30.9 Å². The first-order valence-corrected chi connectivity index (χ1v) is 7.53. The molecule has 90 valence electrons.